The molecule has 102 valence electrons. The van der Waals surface area contributed by atoms with Crippen molar-refractivity contribution in [1.29, 1.82) is 0 Å². The number of hydrogen-bond acceptors (Lipinski definition) is 4. The van der Waals surface area contributed by atoms with Crippen LogP contribution in [0.2, 0.25) is 0 Å². The summed E-state index contributed by atoms with van der Waals surface area (Å²) in [5.74, 6) is 0. The van der Waals surface area contributed by atoms with E-state index in [4.69, 9.17) is 11.5 Å². The van der Waals surface area contributed by atoms with Gasteiger partial charge in [0.25, 0.3) is 5.69 Å². The van der Waals surface area contributed by atoms with Crippen LogP contribution in [0.25, 0.3) is 0 Å². The molecular formula is C11H17BrClN3O2. The highest BCUT2D eigenvalue weighted by atomic mass is 79.9. The number of nitrogens with two attached hydrogens (primary N) is 2. The van der Waals surface area contributed by atoms with Crippen molar-refractivity contribution in [2.75, 3.05) is 6.54 Å². The minimum absolute atomic E-state index is 0. The molecule has 0 saturated carbocycles. The zero-order chi connectivity index (χ0) is 12.8. The standard InChI is InChI=1S/C11H16BrN3O2.ClH/c12-9-5-4-8(7-11(9)15(16)17)10(14)3-1-2-6-13;/h4-5,7,10H,1-3,6,13-14H2;1H/t10-;/m0./s1. The third kappa shape index (κ3) is 4.89. The summed E-state index contributed by atoms with van der Waals surface area (Å²) in [5, 5.41) is 10.8. The maximum atomic E-state index is 10.8. The summed E-state index contributed by atoms with van der Waals surface area (Å²) in [4.78, 5) is 10.4. The molecule has 0 unspecified atom stereocenters. The fourth-order valence-corrected chi connectivity index (χ4v) is 1.97. The summed E-state index contributed by atoms with van der Waals surface area (Å²) in [6.45, 7) is 0.646. The first-order chi connectivity index (χ1) is 8.06. The van der Waals surface area contributed by atoms with Gasteiger partial charge in [0.2, 0.25) is 0 Å². The van der Waals surface area contributed by atoms with E-state index in [2.05, 4.69) is 15.9 Å². The van der Waals surface area contributed by atoms with E-state index in [0.717, 1.165) is 24.8 Å². The smallest absolute Gasteiger partial charge is 0.283 e. The molecule has 0 saturated heterocycles. The highest BCUT2D eigenvalue weighted by Crippen LogP contribution is 2.28. The van der Waals surface area contributed by atoms with Crippen molar-refractivity contribution < 1.29 is 4.92 Å². The number of nitro benzene ring substituents is 1. The quantitative estimate of drug-likeness (QED) is 0.473. The topological polar surface area (TPSA) is 95.2 Å². The molecule has 0 aliphatic carbocycles. The van der Waals surface area contributed by atoms with E-state index in [1.54, 1.807) is 6.07 Å². The normalized spacial score (nSPS) is 11.7. The molecule has 0 fully saturated rings. The van der Waals surface area contributed by atoms with Gasteiger partial charge in [0.05, 0.1) is 9.40 Å². The van der Waals surface area contributed by atoms with Crippen LogP contribution in [0.1, 0.15) is 30.9 Å². The van der Waals surface area contributed by atoms with E-state index in [0.29, 0.717) is 11.0 Å². The molecule has 1 aromatic rings. The SMILES string of the molecule is Cl.NCCCC[C@H](N)c1ccc(Br)c([N+](=O)[O-])c1. The second-order valence-electron chi connectivity index (χ2n) is 3.86. The van der Waals surface area contributed by atoms with Crippen molar-refractivity contribution in [1.82, 2.24) is 0 Å². The van der Waals surface area contributed by atoms with E-state index >= 15 is 0 Å². The lowest BCUT2D eigenvalue weighted by molar-refractivity contribution is -0.385. The van der Waals surface area contributed by atoms with Gasteiger partial charge in [0.1, 0.15) is 0 Å². The van der Waals surface area contributed by atoms with E-state index in [9.17, 15) is 10.1 Å². The Morgan fingerprint density at radius 2 is 2.06 bits per heavy atom. The average Bonchev–Trinajstić information content (AvgIpc) is 2.29. The molecule has 0 amide bonds. The Balaban J connectivity index is 0.00000289. The number of nitrogens with zero attached hydrogens (tertiary/aromatic N) is 1. The first-order valence-corrected chi connectivity index (χ1v) is 6.25. The van der Waals surface area contributed by atoms with E-state index < -0.39 is 4.92 Å². The number of nitro groups is 1. The lowest BCUT2D eigenvalue weighted by Crippen LogP contribution is -2.11. The Morgan fingerprint density at radius 3 is 2.61 bits per heavy atom. The van der Waals surface area contributed by atoms with Crippen LogP contribution in [0.3, 0.4) is 0 Å². The van der Waals surface area contributed by atoms with Gasteiger partial charge in [-0.15, -0.1) is 12.4 Å². The van der Waals surface area contributed by atoms with Gasteiger partial charge in [0.15, 0.2) is 0 Å². The monoisotopic (exact) mass is 337 g/mol. The van der Waals surface area contributed by atoms with Crippen molar-refractivity contribution in [3.8, 4) is 0 Å². The van der Waals surface area contributed by atoms with Gasteiger partial charge in [-0.05, 0) is 46.9 Å². The van der Waals surface area contributed by atoms with Crippen LogP contribution < -0.4 is 11.5 Å². The summed E-state index contributed by atoms with van der Waals surface area (Å²) in [6, 6.07) is 4.82. The molecule has 0 radical (unpaired) electrons. The van der Waals surface area contributed by atoms with Gasteiger partial charge in [-0.3, -0.25) is 10.1 Å². The van der Waals surface area contributed by atoms with Gasteiger partial charge in [-0.1, -0.05) is 12.5 Å². The predicted octanol–water partition coefficient (Wildman–Crippen LogP) is 2.91. The Morgan fingerprint density at radius 1 is 1.39 bits per heavy atom. The van der Waals surface area contributed by atoms with Gasteiger partial charge in [0, 0.05) is 12.1 Å². The Bertz CT molecular complexity index is 404. The first kappa shape index (κ1) is 17.3. The second-order valence-corrected chi connectivity index (χ2v) is 4.71. The Kier molecular flexibility index (Phi) is 8.10. The van der Waals surface area contributed by atoms with Gasteiger partial charge in [-0.2, -0.15) is 0 Å². The Hall–Kier alpha value is -0.690. The van der Waals surface area contributed by atoms with Crippen LogP contribution in [0.15, 0.2) is 22.7 Å². The first-order valence-electron chi connectivity index (χ1n) is 5.45. The molecule has 7 heteroatoms. The lowest BCUT2D eigenvalue weighted by Gasteiger charge is -2.11. The highest BCUT2D eigenvalue weighted by Gasteiger charge is 2.15. The molecule has 1 rings (SSSR count). The van der Waals surface area contributed by atoms with E-state index in [-0.39, 0.29) is 24.1 Å². The number of benzene rings is 1. The molecule has 4 N–H and O–H groups in total. The van der Waals surface area contributed by atoms with Gasteiger partial charge in [-0.25, -0.2) is 0 Å². The van der Waals surface area contributed by atoms with Crippen LogP contribution in [-0.2, 0) is 0 Å². The summed E-state index contributed by atoms with van der Waals surface area (Å²) < 4.78 is 0.473. The second kappa shape index (κ2) is 8.42. The fraction of sp³-hybridized carbons (Fsp3) is 0.455. The number of unbranched alkanes of at least 4 members (excludes halogenated alkanes) is 1. The van der Waals surface area contributed by atoms with Gasteiger partial charge < -0.3 is 11.5 Å². The molecule has 0 bridgehead atoms. The van der Waals surface area contributed by atoms with Crippen molar-refractivity contribution in [3.63, 3.8) is 0 Å². The van der Waals surface area contributed by atoms with Crippen LogP contribution in [0.5, 0.6) is 0 Å². The molecule has 0 aromatic heterocycles. The number of rotatable bonds is 6. The molecule has 0 aliphatic rings. The Labute approximate surface area is 121 Å². The van der Waals surface area contributed by atoms with Crippen molar-refractivity contribution in [2.24, 2.45) is 11.5 Å². The predicted molar refractivity (Wildman–Crippen MR) is 77.9 cm³/mol. The number of hydrogen-bond donors (Lipinski definition) is 2. The third-order valence-electron chi connectivity index (χ3n) is 2.56. The molecule has 1 atom stereocenters. The minimum atomic E-state index is -0.416. The average molecular weight is 339 g/mol. The zero-order valence-corrected chi connectivity index (χ0v) is 12.2. The zero-order valence-electron chi connectivity index (χ0n) is 9.84. The molecular weight excluding hydrogens is 321 g/mol. The third-order valence-corrected chi connectivity index (χ3v) is 3.23. The van der Waals surface area contributed by atoms with Crippen LogP contribution in [0, 0.1) is 10.1 Å². The summed E-state index contributed by atoms with van der Waals surface area (Å²) >= 11 is 3.14. The van der Waals surface area contributed by atoms with E-state index in [1.807, 2.05) is 6.07 Å². The maximum absolute atomic E-state index is 10.8. The number of halogens is 2. The molecule has 18 heavy (non-hydrogen) atoms. The van der Waals surface area contributed by atoms with Crippen LogP contribution in [0.4, 0.5) is 5.69 Å². The highest BCUT2D eigenvalue weighted by molar-refractivity contribution is 9.10. The summed E-state index contributed by atoms with van der Waals surface area (Å²) in [7, 11) is 0. The van der Waals surface area contributed by atoms with Crippen LogP contribution in [-0.4, -0.2) is 11.5 Å². The van der Waals surface area contributed by atoms with E-state index in [1.165, 1.54) is 6.07 Å². The fourth-order valence-electron chi connectivity index (χ4n) is 1.58. The van der Waals surface area contributed by atoms with Crippen molar-refractivity contribution in [3.05, 3.63) is 38.3 Å². The maximum Gasteiger partial charge on any atom is 0.283 e. The molecule has 0 aliphatic heterocycles. The largest absolute Gasteiger partial charge is 0.330 e. The van der Waals surface area contributed by atoms with Crippen LogP contribution >= 0.6 is 28.3 Å². The minimum Gasteiger partial charge on any atom is -0.330 e. The molecule has 0 spiro atoms. The van der Waals surface area contributed by atoms with Crippen molar-refractivity contribution in [2.45, 2.75) is 25.3 Å². The molecule has 1 aromatic carbocycles. The summed E-state index contributed by atoms with van der Waals surface area (Å²) in [5.41, 5.74) is 12.2. The molecule has 5 nitrogen and oxygen atoms in total. The molecule has 0 heterocycles. The van der Waals surface area contributed by atoms with Gasteiger partial charge >= 0.3 is 0 Å². The summed E-state index contributed by atoms with van der Waals surface area (Å²) in [6.07, 6.45) is 2.64. The van der Waals surface area contributed by atoms with Crippen molar-refractivity contribution >= 4 is 34.0 Å². The lowest BCUT2D eigenvalue weighted by atomic mass is 10.0.